The first-order chi connectivity index (χ1) is 15.0. The van der Waals surface area contributed by atoms with Gasteiger partial charge in [0.1, 0.15) is 12.4 Å². The summed E-state index contributed by atoms with van der Waals surface area (Å²) in [5.74, 6) is 0.465. The number of amides is 2. The summed E-state index contributed by atoms with van der Waals surface area (Å²) in [5.41, 5.74) is 4.33. The van der Waals surface area contributed by atoms with E-state index in [1.165, 1.54) is 5.56 Å². The number of carbonyl (C=O) groups excluding carboxylic acids is 2. The maximum Gasteiger partial charge on any atom is 0.317 e. The summed E-state index contributed by atoms with van der Waals surface area (Å²) in [5, 5.41) is 2.78. The standard InChI is InChI=1S/C24H30N2O5/c1-3-30-23(27)10-11-25-24(28)26-12-13-31-22-9-8-20(14-21(22)15-26)17-29-16-19-6-4-18(2)5-7-19/h4-9,14H,3,10-13,15-17H2,1-2H3,(H,25,28). The third kappa shape index (κ3) is 7.00. The van der Waals surface area contributed by atoms with Crippen LogP contribution in [0.3, 0.4) is 0 Å². The average Bonchev–Trinajstić information content (AvgIpc) is 2.97. The van der Waals surface area contributed by atoms with Gasteiger partial charge < -0.3 is 24.4 Å². The lowest BCUT2D eigenvalue weighted by molar-refractivity contribution is -0.142. The van der Waals surface area contributed by atoms with Crippen LogP contribution in [0.15, 0.2) is 42.5 Å². The Hall–Kier alpha value is -3.06. The first-order valence-corrected chi connectivity index (χ1v) is 10.6. The molecule has 0 atom stereocenters. The molecule has 31 heavy (non-hydrogen) atoms. The highest BCUT2D eigenvalue weighted by Gasteiger charge is 2.20. The molecule has 0 unspecified atom stereocenters. The molecule has 2 aromatic rings. The molecule has 2 aromatic carbocycles. The third-order valence-electron chi connectivity index (χ3n) is 4.96. The fourth-order valence-electron chi connectivity index (χ4n) is 3.30. The third-order valence-corrected chi connectivity index (χ3v) is 4.96. The van der Waals surface area contributed by atoms with Crippen molar-refractivity contribution in [2.45, 2.75) is 40.0 Å². The van der Waals surface area contributed by atoms with Gasteiger partial charge >= 0.3 is 12.0 Å². The first kappa shape index (κ1) is 22.6. The molecule has 3 rings (SSSR count). The predicted octanol–water partition coefficient (Wildman–Crippen LogP) is 3.57. The lowest BCUT2D eigenvalue weighted by Gasteiger charge is -2.20. The van der Waals surface area contributed by atoms with E-state index in [0.717, 1.165) is 22.4 Å². The van der Waals surface area contributed by atoms with Crippen LogP contribution in [-0.4, -0.2) is 43.2 Å². The summed E-state index contributed by atoms with van der Waals surface area (Å²) in [6, 6.07) is 14.0. The van der Waals surface area contributed by atoms with E-state index < -0.39 is 0 Å². The number of ether oxygens (including phenoxy) is 3. The molecule has 1 aliphatic rings. The second-order valence-corrected chi connectivity index (χ2v) is 7.48. The smallest absolute Gasteiger partial charge is 0.317 e. The largest absolute Gasteiger partial charge is 0.491 e. The van der Waals surface area contributed by atoms with Crippen LogP contribution in [0.2, 0.25) is 0 Å². The Morgan fingerprint density at radius 2 is 1.84 bits per heavy atom. The fourth-order valence-corrected chi connectivity index (χ4v) is 3.30. The molecule has 7 nitrogen and oxygen atoms in total. The molecule has 2 amide bonds. The summed E-state index contributed by atoms with van der Waals surface area (Å²) in [6.45, 7) is 6.75. The van der Waals surface area contributed by atoms with Gasteiger partial charge in [-0.1, -0.05) is 35.9 Å². The molecule has 0 saturated carbocycles. The molecule has 0 aromatic heterocycles. The van der Waals surface area contributed by atoms with Gasteiger partial charge in [0.2, 0.25) is 0 Å². The lowest BCUT2D eigenvalue weighted by atomic mass is 10.1. The number of aryl methyl sites for hydroxylation is 1. The number of nitrogens with zero attached hydrogens (tertiary/aromatic N) is 1. The molecule has 0 saturated heterocycles. The molecule has 0 aliphatic carbocycles. The maximum absolute atomic E-state index is 12.5. The Labute approximate surface area is 183 Å². The number of rotatable bonds is 8. The Bertz CT molecular complexity index is 882. The van der Waals surface area contributed by atoms with Crippen molar-refractivity contribution in [3.05, 3.63) is 64.7 Å². The van der Waals surface area contributed by atoms with Crippen molar-refractivity contribution in [1.82, 2.24) is 10.2 Å². The number of hydrogen-bond donors (Lipinski definition) is 1. The van der Waals surface area contributed by atoms with Crippen LogP contribution in [0, 0.1) is 6.92 Å². The van der Waals surface area contributed by atoms with Gasteiger partial charge in [0, 0.05) is 12.1 Å². The number of benzene rings is 2. The molecule has 0 radical (unpaired) electrons. The highest BCUT2D eigenvalue weighted by atomic mass is 16.5. The normalized spacial score (nSPS) is 13.0. The van der Waals surface area contributed by atoms with E-state index in [0.29, 0.717) is 39.5 Å². The summed E-state index contributed by atoms with van der Waals surface area (Å²) in [7, 11) is 0. The van der Waals surface area contributed by atoms with Crippen LogP contribution in [0.5, 0.6) is 5.75 Å². The zero-order chi connectivity index (χ0) is 22.1. The Morgan fingerprint density at radius 1 is 1.10 bits per heavy atom. The quantitative estimate of drug-likeness (QED) is 0.653. The number of hydrogen-bond acceptors (Lipinski definition) is 5. The molecule has 0 spiro atoms. The second-order valence-electron chi connectivity index (χ2n) is 7.48. The van der Waals surface area contributed by atoms with Crippen molar-refractivity contribution in [1.29, 1.82) is 0 Å². The zero-order valence-electron chi connectivity index (χ0n) is 18.2. The number of esters is 1. The molecular weight excluding hydrogens is 396 g/mol. The monoisotopic (exact) mass is 426 g/mol. The van der Waals surface area contributed by atoms with Crippen molar-refractivity contribution in [2.75, 3.05) is 26.3 Å². The number of carbonyl (C=O) groups is 2. The number of fused-ring (bicyclic) bond motifs is 1. The van der Waals surface area contributed by atoms with E-state index in [-0.39, 0.29) is 25.0 Å². The lowest BCUT2D eigenvalue weighted by Crippen LogP contribution is -2.41. The van der Waals surface area contributed by atoms with Gasteiger partial charge in [0.15, 0.2) is 0 Å². The Kier molecular flexibility index (Phi) is 8.29. The molecule has 166 valence electrons. The summed E-state index contributed by atoms with van der Waals surface area (Å²) in [4.78, 5) is 25.6. The van der Waals surface area contributed by atoms with Gasteiger partial charge in [-0.3, -0.25) is 4.79 Å². The van der Waals surface area contributed by atoms with Crippen molar-refractivity contribution in [3.63, 3.8) is 0 Å². The topological polar surface area (TPSA) is 77.1 Å². The molecule has 1 heterocycles. The summed E-state index contributed by atoms with van der Waals surface area (Å²) in [6.07, 6.45) is 0.156. The van der Waals surface area contributed by atoms with E-state index >= 15 is 0 Å². The zero-order valence-corrected chi connectivity index (χ0v) is 18.2. The first-order valence-electron chi connectivity index (χ1n) is 10.6. The SMILES string of the molecule is CCOC(=O)CCNC(=O)N1CCOc2ccc(COCc3ccc(C)cc3)cc2C1. The van der Waals surface area contributed by atoms with Crippen molar-refractivity contribution >= 4 is 12.0 Å². The van der Waals surface area contributed by atoms with E-state index in [9.17, 15) is 9.59 Å². The fraction of sp³-hybridized carbons (Fsp3) is 0.417. The van der Waals surface area contributed by atoms with Crippen LogP contribution in [-0.2, 0) is 34.0 Å². The van der Waals surface area contributed by atoms with E-state index in [1.54, 1.807) is 11.8 Å². The predicted molar refractivity (Wildman–Crippen MR) is 117 cm³/mol. The minimum Gasteiger partial charge on any atom is -0.491 e. The molecule has 0 fully saturated rings. The highest BCUT2D eigenvalue weighted by molar-refractivity contribution is 5.75. The average molecular weight is 427 g/mol. The minimum absolute atomic E-state index is 0.156. The van der Waals surface area contributed by atoms with E-state index in [4.69, 9.17) is 14.2 Å². The van der Waals surface area contributed by atoms with Crippen LogP contribution in [0.1, 0.15) is 35.6 Å². The van der Waals surface area contributed by atoms with E-state index in [1.807, 2.05) is 18.2 Å². The van der Waals surface area contributed by atoms with Gasteiger partial charge in [-0.15, -0.1) is 0 Å². The second kappa shape index (κ2) is 11.4. The van der Waals surface area contributed by atoms with Gasteiger partial charge in [0.05, 0.1) is 39.3 Å². The summed E-state index contributed by atoms with van der Waals surface area (Å²) < 4.78 is 16.5. The van der Waals surface area contributed by atoms with Gasteiger partial charge in [-0.05, 0) is 37.1 Å². The molecule has 7 heteroatoms. The Morgan fingerprint density at radius 3 is 2.61 bits per heavy atom. The maximum atomic E-state index is 12.5. The number of nitrogens with one attached hydrogen (secondary N) is 1. The Balaban J connectivity index is 1.53. The van der Waals surface area contributed by atoms with Crippen molar-refractivity contribution in [2.24, 2.45) is 0 Å². The highest BCUT2D eigenvalue weighted by Crippen LogP contribution is 2.25. The minimum atomic E-state index is -0.317. The van der Waals surface area contributed by atoms with Crippen LogP contribution < -0.4 is 10.1 Å². The van der Waals surface area contributed by atoms with Crippen LogP contribution in [0.4, 0.5) is 4.79 Å². The molecular formula is C24H30N2O5. The van der Waals surface area contributed by atoms with Crippen molar-refractivity contribution in [3.8, 4) is 5.75 Å². The van der Waals surface area contributed by atoms with E-state index in [2.05, 4.69) is 36.5 Å². The number of urea groups is 1. The van der Waals surface area contributed by atoms with Gasteiger partial charge in [-0.25, -0.2) is 4.79 Å². The van der Waals surface area contributed by atoms with Crippen LogP contribution in [0.25, 0.3) is 0 Å². The summed E-state index contributed by atoms with van der Waals surface area (Å²) >= 11 is 0. The molecule has 1 aliphatic heterocycles. The van der Waals surface area contributed by atoms with Crippen LogP contribution >= 0.6 is 0 Å². The van der Waals surface area contributed by atoms with Crippen molar-refractivity contribution < 1.29 is 23.8 Å². The molecule has 0 bridgehead atoms. The van der Waals surface area contributed by atoms with Gasteiger partial charge in [-0.2, -0.15) is 0 Å². The molecule has 1 N–H and O–H groups in total. The van der Waals surface area contributed by atoms with Gasteiger partial charge in [0.25, 0.3) is 0 Å².